The topological polar surface area (TPSA) is 95.1 Å². The van der Waals surface area contributed by atoms with Crippen LogP contribution < -0.4 is 29.8 Å². The highest BCUT2D eigenvalue weighted by Crippen LogP contribution is 2.28. The van der Waals surface area contributed by atoms with Gasteiger partial charge in [-0.2, -0.15) is 0 Å². The molecule has 156 valence electrons. The zero-order chi connectivity index (χ0) is 21.2. The number of hydrogen-bond acceptors (Lipinski definition) is 6. The van der Waals surface area contributed by atoms with Crippen LogP contribution in [0.3, 0.4) is 0 Å². The molecule has 0 bridgehead atoms. The molecule has 0 atom stereocenters. The van der Waals surface area contributed by atoms with E-state index < -0.39 is 11.8 Å². The van der Waals surface area contributed by atoms with E-state index >= 15 is 0 Å². The van der Waals surface area contributed by atoms with Crippen LogP contribution in [0.2, 0.25) is 0 Å². The second-order valence-electron chi connectivity index (χ2n) is 6.23. The number of amides is 2. The molecule has 0 aliphatic carbocycles. The van der Waals surface area contributed by atoms with Crippen LogP contribution in [-0.2, 0) is 4.79 Å². The molecule has 0 radical (unpaired) electrons. The molecule has 2 aromatic carbocycles. The fraction of sp³-hybridized carbons (Fsp3) is 0.333. The average Bonchev–Trinajstić information content (AvgIpc) is 2.71. The van der Waals surface area contributed by atoms with Crippen molar-refractivity contribution >= 4 is 11.8 Å². The van der Waals surface area contributed by atoms with E-state index in [2.05, 4.69) is 10.9 Å². The normalized spacial score (nSPS) is 10.2. The first-order valence-corrected chi connectivity index (χ1v) is 9.22. The molecule has 0 aliphatic rings. The van der Waals surface area contributed by atoms with Crippen molar-refractivity contribution in [3.63, 3.8) is 0 Å². The zero-order valence-corrected chi connectivity index (χ0v) is 17.0. The van der Waals surface area contributed by atoms with Gasteiger partial charge in [0.25, 0.3) is 11.8 Å². The van der Waals surface area contributed by atoms with Gasteiger partial charge in [-0.05, 0) is 63.2 Å². The lowest BCUT2D eigenvalue weighted by atomic mass is 10.2. The summed E-state index contributed by atoms with van der Waals surface area (Å²) in [6.07, 6.45) is -0.0294. The minimum atomic E-state index is -0.501. The quantitative estimate of drug-likeness (QED) is 0.627. The fourth-order valence-electron chi connectivity index (χ4n) is 2.34. The number of hydrazine groups is 1. The van der Waals surface area contributed by atoms with Crippen molar-refractivity contribution in [2.75, 3.05) is 20.3 Å². The first-order valence-electron chi connectivity index (χ1n) is 9.22. The molecule has 2 aromatic rings. The molecule has 0 fully saturated rings. The second kappa shape index (κ2) is 10.8. The Labute approximate surface area is 170 Å². The van der Waals surface area contributed by atoms with Crippen LogP contribution in [0.25, 0.3) is 0 Å². The molecule has 0 aromatic heterocycles. The number of rotatable bonds is 9. The summed E-state index contributed by atoms with van der Waals surface area (Å²) in [4.78, 5) is 24.1. The molecule has 0 spiro atoms. The number of methoxy groups -OCH3 is 1. The van der Waals surface area contributed by atoms with Crippen molar-refractivity contribution in [1.29, 1.82) is 0 Å². The number of benzene rings is 2. The Bertz CT molecular complexity index is 820. The van der Waals surface area contributed by atoms with Gasteiger partial charge in [-0.15, -0.1) is 0 Å². The van der Waals surface area contributed by atoms with E-state index in [1.807, 2.05) is 20.8 Å². The molecular weight excluding hydrogens is 376 g/mol. The Balaban J connectivity index is 1.84. The van der Waals surface area contributed by atoms with Crippen molar-refractivity contribution in [2.24, 2.45) is 0 Å². The van der Waals surface area contributed by atoms with E-state index in [9.17, 15) is 9.59 Å². The van der Waals surface area contributed by atoms with E-state index in [0.29, 0.717) is 29.4 Å². The number of ether oxygens (including phenoxy) is 4. The maximum Gasteiger partial charge on any atom is 0.276 e. The third-order valence-corrected chi connectivity index (χ3v) is 3.61. The lowest BCUT2D eigenvalue weighted by Gasteiger charge is -2.14. The highest BCUT2D eigenvalue weighted by molar-refractivity contribution is 5.96. The first kappa shape index (κ1) is 21.9. The monoisotopic (exact) mass is 402 g/mol. The number of carbonyl (C=O) groups is 2. The summed E-state index contributed by atoms with van der Waals surface area (Å²) >= 11 is 0. The predicted octanol–water partition coefficient (Wildman–Crippen LogP) is 2.72. The molecule has 8 heteroatoms. The van der Waals surface area contributed by atoms with Crippen molar-refractivity contribution in [2.45, 2.75) is 26.9 Å². The molecule has 29 heavy (non-hydrogen) atoms. The molecule has 0 aliphatic heterocycles. The summed E-state index contributed by atoms with van der Waals surface area (Å²) in [5.41, 5.74) is 4.96. The van der Waals surface area contributed by atoms with Gasteiger partial charge in [0.1, 0.15) is 11.5 Å². The molecule has 2 amide bonds. The van der Waals surface area contributed by atoms with Gasteiger partial charge in [0, 0.05) is 5.56 Å². The van der Waals surface area contributed by atoms with Crippen LogP contribution in [0.1, 0.15) is 31.1 Å². The summed E-state index contributed by atoms with van der Waals surface area (Å²) in [6, 6.07) is 11.7. The van der Waals surface area contributed by atoms with E-state index in [1.165, 1.54) is 13.2 Å². The Morgan fingerprint density at radius 2 is 1.59 bits per heavy atom. The van der Waals surface area contributed by atoms with Crippen LogP contribution in [0.15, 0.2) is 42.5 Å². The van der Waals surface area contributed by atoms with Crippen molar-refractivity contribution in [3.05, 3.63) is 48.0 Å². The molecule has 0 saturated carbocycles. The van der Waals surface area contributed by atoms with E-state index in [4.69, 9.17) is 18.9 Å². The Hall–Kier alpha value is -3.42. The van der Waals surface area contributed by atoms with Crippen molar-refractivity contribution in [3.8, 4) is 23.0 Å². The molecule has 2 rings (SSSR count). The third-order valence-electron chi connectivity index (χ3n) is 3.61. The number of nitrogens with one attached hydrogen (secondary N) is 2. The van der Waals surface area contributed by atoms with Crippen LogP contribution in [0, 0.1) is 0 Å². The van der Waals surface area contributed by atoms with Crippen LogP contribution in [0.5, 0.6) is 23.0 Å². The minimum absolute atomic E-state index is 0.0294. The van der Waals surface area contributed by atoms with Gasteiger partial charge < -0.3 is 18.9 Å². The second-order valence-corrected chi connectivity index (χ2v) is 6.23. The summed E-state index contributed by atoms with van der Waals surface area (Å²) in [6.45, 7) is 6.00. The van der Waals surface area contributed by atoms with Crippen LogP contribution in [0.4, 0.5) is 0 Å². The van der Waals surface area contributed by atoms with E-state index in [0.717, 1.165) is 5.75 Å². The summed E-state index contributed by atoms with van der Waals surface area (Å²) in [5.74, 6) is 1.20. The fourth-order valence-corrected chi connectivity index (χ4v) is 2.34. The molecule has 0 unspecified atom stereocenters. The van der Waals surface area contributed by atoms with Gasteiger partial charge in [-0.1, -0.05) is 0 Å². The number of carbonyl (C=O) groups excluding carboxylic acids is 2. The molecule has 0 saturated heterocycles. The standard InChI is InChI=1S/C21H26N2O6/c1-5-27-16-7-9-17(10-8-16)28-13-20(24)22-23-21(25)15-6-11-18(29-14(2)3)19(12-15)26-4/h6-12,14H,5,13H2,1-4H3,(H,22,24)(H,23,25). The van der Waals surface area contributed by atoms with Crippen LogP contribution in [-0.4, -0.2) is 38.2 Å². The third kappa shape index (κ3) is 6.91. The molecule has 2 N–H and O–H groups in total. The largest absolute Gasteiger partial charge is 0.494 e. The van der Waals surface area contributed by atoms with Gasteiger partial charge >= 0.3 is 0 Å². The Kier molecular flexibility index (Phi) is 8.14. The predicted molar refractivity (Wildman–Crippen MR) is 107 cm³/mol. The maximum atomic E-state index is 12.2. The average molecular weight is 402 g/mol. The van der Waals surface area contributed by atoms with Crippen molar-refractivity contribution in [1.82, 2.24) is 10.9 Å². The first-order chi connectivity index (χ1) is 13.9. The van der Waals surface area contributed by atoms with Gasteiger partial charge in [-0.25, -0.2) is 0 Å². The Morgan fingerprint density at radius 3 is 2.17 bits per heavy atom. The van der Waals surface area contributed by atoms with Gasteiger partial charge in [0.15, 0.2) is 18.1 Å². The van der Waals surface area contributed by atoms with E-state index in [1.54, 1.807) is 36.4 Å². The summed E-state index contributed by atoms with van der Waals surface area (Å²) < 4.78 is 21.6. The van der Waals surface area contributed by atoms with Gasteiger partial charge in [-0.3, -0.25) is 20.4 Å². The molecular formula is C21H26N2O6. The maximum absolute atomic E-state index is 12.2. The lowest BCUT2D eigenvalue weighted by Crippen LogP contribution is -2.43. The SMILES string of the molecule is CCOc1ccc(OCC(=O)NNC(=O)c2ccc(OC(C)C)c(OC)c2)cc1. The minimum Gasteiger partial charge on any atom is -0.494 e. The highest BCUT2D eigenvalue weighted by Gasteiger charge is 2.13. The highest BCUT2D eigenvalue weighted by atomic mass is 16.5. The van der Waals surface area contributed by atoms with Gasteiger partial charge in [0.05, 0.1) is 19.8 Å². The Morgan fingerprint density at radius 1 is 0.931 bits per heavy atom. The molecule has 0 heterocycles. The smallest absolute Gasteiger partial charge is 0.276 e. The lowest BCUT2D eigenvalue weighted by molar-refractivity contribution is -0.123. The van der Waals surface area contributed by atoms with Crippen LogP contribution >= 0.6 is 0 Å². The van der Waals surface area contributed by atoms with Gasteiger partial charge in [0.2, 0.25) is 0 Å². The zero-order valence-electron chi connectivity index (χ0n) is 17.0. The van der Waals surface area contributed by atoms with E-state index in [-0.39, 0.29) is 12.7 Å². The summed E-state index contributed by atoms with van der Waals surface area (Å²) in [7, 11) is 1.49. The molecule has 8 nitrogen and oxygen atoms in total. The number of hydrogen-bond donors (Lipinski definition) is 2. The van der Waals surface area contributed by atoms with Crippen molar-refractivity contribution < 1.29 is 28.5 Å². The summed E-state index contributed by atoms with van der Waals surface area (Å²) in [5, 5.41) is 0.